The highest BCUT2D eigenvalue weighted by Gasteiger charge is 2.07. The Labute approximate surface area is 150 Å². The average molecular weight is 349 g/mol. The zero-order chi connectivity index (χ0) is 18.5. The van der Waals surface area contributed by atoms with Crippen LogP contribution < -0.4 is 21.7 Å². The number of hydrogen-bond donors (Lipinski definition) is 4. The van der Waals surface area contributed by atoms with Crippen LogP contribution in [0.5, 0.6) is 0 Å². The molecule has 1 aromatic heterocycles. The normalized spacial score (nSPS) is 10.3. The molecular weight excluding hydrogens is 330 g/mol. The first kappa shape index (κ1) is 17.2. The first-order valence-corrected chi connectivity index (χ1v) is 8.17. The van der Waals surface area contributed by atoms with Gasteiger partial charge in [-0.3, -0.25) is 10.1 Å². The average Bonchev–Trinajstić information content (AvgIpc) is 2.62. The van der Waals surface area contributed by atoms with E-state index < -0.39 is 5.91 Å². The lowest BCUT2D eigenvalue weighted by atomic mass is 10.1. The smallest absolute Gasteiger partial charge is 0.320 e. The Hall–Kier alpha value is -3.61. The van der Waals surface area contributed by atoms with E-state index in [1.165, 1.54) is 0 Å². The third-order valence-electron chi connectivity index (χ3n) is 3.77. The Morgan fingerprint density at radius 1 is 1.12 bits per heavy atom. The predicted molar refractivity (Wildman–Crippen MR) is 103 cm³/mol. The van der Waals surface area contributed by atoms with Gasteiger partial charge in [0.1, 0.15) is 5.82 Å². The van der Waals surface area contributed by atoms with E-state index in [9.17, 15) is 9.59 Å². The van der Waals surface area contributed by atoms with Crippen LogP contribution in [-0.2, 0) is 0 Å². The summed E-state index contributed by atoms with van der Waals surface area (Å²) in [4.78, 5) is 27.3. The Morgan fingerprint density at radius 2 is 1.92 bits per heavy atom. The number of amides is 3. The van der Waals surface area contributed by atoms with E-state index in [1.807, 2.05) is 31.2 Å². The molecule has 3 rings (SSSR count). The molecule has 2 aromatic carbocycles. The standard InChI is InChI=1S/C19H19N5O2/c1-2-21-19(26)24-17-10-12-5-4-8-16(15(12)11-22-17)23-14-7-3-6-13(9-14)18(20)25/h3-11,23H,2H2,1H3,(H2,20,25)(H2,21,22,24,26). The molecule has 3 amide bonds. The van der Waals surface area contributed by atoms with Gasteiger partial charge in [0.25, 0.3) is 0 Å². The number of urea groups is 1. The van der Waals surface area contributed by atoms with Crippen LogP contribution in [-0.4, -0.2) is 23.5 Å². The van der Waals surface area contributed by atoms with Crippen LogP contribution in [0.4, 0.5) is 22.0 Å². The number of fused-ring (bicyclic) bond motifs is 1. The quantitative estimate of drug-likeness (QED) is 0.567. The van der Waals surface area contributed by atoms with Gasteiger partial charge in [-0.15, -0.1) is 0 Å². The number of anilines is 3. The molecule has 0 saturated carbocycles. The van der Waals surface area contributed by atoms with Crippen LogP contribution in [0.3, 0.4) is 0 Å². The molecule has 3 aromatic rings. The third-order valence-corrected chi connectivity index (χ3v) is 3.77. The Kier molecular flexibility index (Phi) is 4.98. The van der Waals surface area contributed by atoms with Crippen LogP contribution in [0.2, 0.25) is 0 Å². The molecule has 0 aliphatic rings. The van der Waals surface area contributed by atoms with Crippen molar-refractivity contribution in [1.29, 1.82) is 0 Å². The Bertz CT molecular complexity index is 971. The second kappa shape index (κ2) is 7.52. The number of aromatic nitrogens is 1. The van der Waals surface area contributed by atoms with Crippen molar-refractivity contribution in [3.05, 3.63) is 60.3 Å². The van der Waals surface area contributed by atoms with Gasteiger partial charge in [-0.1, -0.05) is 18.2 Å². The van der Waals surface area contributed by atoms with Gasteiger partial charge >= 0.3 is 6.03 Å². The zero-order valence-corrected chi connectivity index (χ0v) is 14.2. The lowest BCUT2D eigenvalue weighted by Gasteiger charge is -2.11. The van der Waals surface area contributed by atoms with E-state index in [1.54, 1.807) is 30.5 Å². The van der Waals surface area contributed by atoms with Crippen molar-refractivity contribution in [3.63, 3.8) is 0 Å². The van der Waals surface area contributed by atoms with E-state index in [2.05, 4.69) is 20.9 Å². The van der Waals surface area contributed by atoms with E-state index in [-0.39, 0.29) is 6.03 Å². The van der Waals surface area contributed by atoms with E-state index in [0.29, 0.717) is 17.9 Å². The molecule has 0 unspecified atom stereocenters. The van der Waals surface area contributed by atoms with Gasteiger partial charge < -0.3 is 16.4 Å². The van der Waals surface area contributed by atoms with Gasteiger partial charge in [0.05, 0.1) is 0 Å². The molecule has 1 heterocycles. The lowest BCUT2D eigenvalue weighted by Crippen LogP contribution is -2.28. The summed E-state index contributed by atoms with van der Waals surface area (Å²) >= 11 is 0. The van der Waals surface area contributed by atoms with E-state index in [0.717, 1.165) is 22.1 Å². The van der Waals surface area contributed by atoms with E-state index >= 15 is 0 Å². The second-order valence-corrected chi connectivity index (χ2v) is 5.65. The fraction of sp³-hybridized carbons (Fsp3) is 0.105. The Balaban J connectivity index is 1.89. The van der Waals surface area contributed by atoms with E-state index in [4.69, 9.17) is 5.73 Å². The molecule has 7 nitrogen and oxygen atoms in total. The number of hydrogen-bond acceptors (Lipinski definition) is 4. The summed E-state index contributed by atoms with van der Waals surface area (Å²) < 4.78 is 0. The summed E-state index contributed by atoms with van der Waals surface area (Å²) in [5, 5.41) is 10.4. The van der Waals surface area contributed by atoms with Crippen molar-refractivity contribution in [3.8, 4) is 0 Å². The number of nitrogens with zero attached hydrogens (tertiary/aromatic N) is 1. The number of nitrogens with two attached hydrogens (primary N) is 1. The van der Waals surface area contributed by atoms with Gasteiger partial charge in [0, 0.05) is 35.1 Å². The number of rotatable bonds is 5. The maximum Gasteiger partial charge on any atom is 0.320 e. The molecule has 26 heavy (non-hydrogen) atoms. The second-order valence-electron chi connectivity index (χ2n) is 5.65. The highest BCUT2D eigenvalue weighted by molar-refractivity contribution is 5.98. The summed E-state index contributed by atoms with van der Waals surface area (Å²) in [6.45, 7) is 2.39. The fourth-order valence-corrected chi connectivity index (χ4v) is 2.58. The Morgan fingerprint density at radius 3 is 2.69 bits per heavy atom. The number of benzene rings is 2. The third kappa shape index (κ3) is 3.89. The minimum Gasteiger partial charge on any atom is -0.366 e. The molecule has 0 bridgehead atoms. The highest BCUT2D eigenvalue weighted by Crippen LogP contribution is 2.27. The first-order chi connectivity index (χ1) is 12.6. The van der Waals surface area contributed by atoms with Crippen molar-refractivity contribution >= 4 is 39.9 Å². The number of primary amides is 1. The van der Waals surface area contributed by atoms with Crippen LogP contribution in [0.1, 0.15) is 17.3 Å². The topological polar surface area (TPSA) is 109 Å². The fourth-order valence-electron chi connectivity index (χ4n) is 2.58. The molecule has 7 heteroatoms. The minimum absolute atomic E-state index is 0.295. The van der Waals surface area contributed by atoms with Crippen molar-refractivity contribution in [2.45, 2.75) is 6.92 Å². The summed E-state index contributed by atoms with van der Waals surface area (Å²) in [5.41, 5.74) is 7.34. The minimum atomic E-state index is -0.477. The van der Waals surface area contributed by atoms with Gasteiger partial charge in [-0.05, 0) is 42.6 Å². The molecule has 0 saturated heterocycles. The highest BCUT2D eigenvalue weighted by atomic mass is 16.2. The van der Waals surface area contributed by atoms with Gasteiger partial charge in [0.15, 0.2) is 0 Å². The molecular formula is C19H19N5O2. The molecule has 0 aliphatic carbocycles. The maximum atomic E-state index is 11.6. The van der Waals surface area contributed by atoms with Crippen LogP contribution in [0, 0.1) is 0 Å². The lowest BCUT2D eigenvalue weighted by molar-refractivity contribution is 0.100. The molecule has 0 atom stereocenters. The molecule has 0 aliphatic heterocycles. The van der Waals surface area contributed by atoms with Gasteiger partial charge in [0.2, 0.25) is 5.91 Å². The maximum absolute atomic E-state index is 11.6. The molecule has 132 valence electrons. The number of nitrogens with one attached hydrogen (secondary N) is 3. The van der Waals surface area contributed by atoms with Crippen molar-refractivity contribution in [2.24, 2.45) is 5.73 Å². The number of pyridine rings is 1. The predicted octanol–water partition coefficient (Wildman–Crippen LogP) is 3.22. The van der Waals surface area contributed by atoms with Crippen LogP contribution in [0.15, 0.2) is 54.7 Å². The van der Waals surface area contributed by atoms with Crippen LogP contribution in [0.25, 0.3) is 10.8 Å². The number of carbonyl (C=O) groups is 2. The molecule has 5 N–H and O–H groups in total. The van der Waals surface area contributed by atoms with Crippen molar-refractivity contribution in [1.82, 2.24) is 10.3 Å². The monoisotopic (exact) mass is 349 g/mol. The SMILES string of the molecule is CCNC(=O)Nc1cc2cccc(Nc3cccc(C(N)=O)c3)c2cn1. The van der Waals surface area contributed by atoms with Gasteiger partial charge in [-0.2, -0.15) is 0 Å². The first-order valence-electron chi connectivity index (χ1n) is 8.17. The molecule has 0 radical (unpaired) electrons. The summed E-state index contributed by atoms with van der Waals surface area (Å²) in [6, 6.07) is 14.2. The summed E-state index contributed by atoms with van der Waals surface area (Å²) in [6.07, 6.45) is 1.69. The zero-order valence-electron chi connectivity index (χ0n) is 14.2. The van der Waals surface area contributed by atoms with Crippen LogP contribution >= 0.6 is 0 Å². The van der Waals surface area contributed by atoms with Crippen molar-refractivity contribution < 1.29 is 9.59 Å². The summed E-state index contributed by atoms with van der Waals surface area (Å²) in [7, 11) is 0. The van der Waals surface area contributed by atoms with Gasteiger partial charge in [-0.25, -0.2) is 9.78 Å². The largest absolute Gasteiger partial charge is 0.366 e. The summed E-state index contributed by atoms with van der Waals surface area (Å²) in [5.74, 6) is -0.00867. The molecule has 0 fully saturated rings. The number of carbonyl (C=O) groups excluding carboxylic acids is 2. The van der Waals surface area contributed by atoms with Crippen molar-refractivity contribution in [2.75, 3.05) is 17.2 Å². The molecule has 0 spiro atoms.